The van der Waals surface area contributed by atoms with E-state index in [0.717, 1.165) is 17.6 Å². The van der Waals surface area contributed by atoms with Crippen LogP contribution in [0.1, 0.15) is 25.5 Å². The highest BCUT2D eigenvalue weighted by atomic mass is 16.5. The van der Waals surface area contributed by atoms with E-state index in [4.69, 9.17) is 4.74 Å². The fraction of sp³-hybridized carbons (Fsp3) is 0.625. The Balaban J connectivity index is 1.82. The summed E-state index contributed by atoms with van der Waals surface area (Å²) in [6.07, 6.45) is 0. The lowest BCUT2D eigenvalue weighted by Gasteiger charge is -2.31. The molecule has 2 heterocycles. The molecule has 1 N–H and O–H groups in total. The number of nitrogens with one attached hydrogen (secondary N) is 1. The smallest absolute Gasteiger partial charge is 0.123 e. The minimum Gasteiger partial charge on any atom is -0.496 e. The molecule has 3 rings (SSSR count). The summed E-state index contributed by atoms with van der Waals surface area (Å²) in [6.45, 7) is 8.26. The van der Waals surface area contributed by atoms with Crippen molar-refractivity contribution in [3.63, 3.8) is 0 Å². The van der Waals surface area contributed by atoms with E-state index in [0.29, 0.717) is 12.1 Å². The summed E-state index contributed by atoms with van der Waals surface area (Å²) in [5.41, 5.74) is 1.31. The first kappa shape index (κ1) is 12.9. The number of hydrogen-bond acceptors (Lipinski definition) is 3. The van der Waals surface area contributed by atoms with Crippen molar-refractivity contribution in [3.05, 3.63) is 29.8 Å². The van der Waals surface area contributed by atoms with Crippen LogP contribution in [0.3, 0.4) is 0 Å². The molecule has 2 fully saturated rings. The molecule has 0 aliphatic carbocycles. The van der Waals surface area contributed by atoms with Crippen molar-refractivity contribution in [3.8, 4) is 5.75 Å². The number of benzene rings is 1. The first-order valence-corrected chi connectivity index (χ1v) is 7.31. The van der Waals surface area contributed by atoms with Gasteiger partial charge in [-0.3, -0.25) is 4.90 Å². The maximum Gasteiger partial charge on any atom is 0.123 e. The monoisotopic (exact) mass is 260 g/mol. The Morgan fingerprint density at radius 2 is 2.11 bits per heavy atom. The van der Waals surface area contributed by atoms with Crippen LogP contribution in [0.2, 0.25) is 0 Å². The van der Waals surface area contributed by atoms with Gasteiger partial charge < -0.3 is 10.1 Å². The Labute approximate surface area is 115 Å². The van der Waals surface area contributed by atoms with Crippen LogP contribution in [0.5, 0.6) is 5.75 Å². The Hall–Kier alpha value is -1.06. The predicted octanol–water partition coefficient (Wildman–Crippen LogP) is 2.30. The van der Waals surface area contributed by atoms with Gasteiger partial charge in [0.1, 0.15) is 5.75 Å². The van der Waals surface area contributed by atoms with Crippen LogP contribution in [-0.4, -0.2) is 37.7 Å². The summed E-state index contributed by atoms with van der Waals surface area (Å²) in [7, 11) is 1.76. The average molecular weight is 260 g/mol. The first-order chi connectivity index (χ1) is 9.22. The summed E-state index contributed by atoms with van der Waals surface area (Å²) in [5.74, 6) is 2.65. The quantitative estimate of drug-likeness (QED) is 0.902. The molecular formula is C16H24N2O. The van der Waals surface area contributed by atoms with Crippen molar-refractivity contribution in [1.29, 1.82) is 0 Å². The molecule has 2 saturated heterocycles. The van der Waals surface area contributed by atoms with Gasteiger partial charge in [0.25, 0.3) is 0 Å². The highest BCUT2D eigenvalue weighted by molar-refractivity contribution is 5.35. The van der Waals surface area contributed by atoms with E-state index >= 15 is 0 Å². The molecule has 0 spiro atoms. The third kappa shape index (κ3) is 2.15. The molecule has 104 valence electrons. The fourth-order valence-corrected chi connectivity index (χ4v) is 3.90. The number of nitrogens with zero attached hydrogens (tertiary/aromatic N) is 1. The van der Waals surface area contributed by atoms with E-state index in [2.05, 4.69) is 42.3 Å². The van der Waals surface area contributed by atoms with Crippen LogP contribution in [0, 0.1) is 11.8 Å². The van der Waals surface area contributed by atoms with Crippen molar-refractivity contribution >= 4 is 0 Å². The molecule has 19 heavy (non-hydrogen) atoms. The average Bonchev–Trinajstić information content (AvgIpc) is 3.01. The highest BCUT2D eigenvalue weighted by Gasteiger charge is 2.43. The van der Waals surface area contributed by atoms with E-state index in [9.17, 15) is 0 Å². The third-order valence-electron chi connectivity index (χ3n) is 5.07. The van der Waals surface area contributed by atoms with Crippen molar-refractivity contribution in [2.24, 2.45) is 11.8 Å². The number of ether oxygens (including phenoxy) is 1. The molecular weight excluding hydrogens is 236 g/mol. The predicted molar refractivity (Wildman–Crippen MR) is 77.4 cm³/mol. The van der Waals surface area contributed by atoms with Gasteiger partial charge >= 0.3 is 0 Å². The standard InChI is InChI=1S/C16H24N2O/c1-11(14-6-4-5-7-16(14)19-3)18-10-13-8-17-9-15(13)12(18)2/h4-7,11-13,15,17H,8-10H2,1-3H3. The molecule has 4 atom stereocenters. The molecule has 3 heteroatoms. The van der Waals surface area contributed by atoms with Crippen LogP contribution >= 0.6 is 0 Å². The maximum atomic E-state index is 5.52. The molecule has 0 amide bonds. The van der Waals surface area contributed by atoms with Gasteiger partial charge in [0, 0.05) is 24.2 Å². The third-order valence-corrected chi connectivity index (χ3v) is 5.07. The van der Waals surface area contributed by atoms with Crippen LogP contribution in [-0.2, 0) is 0 Å². The molecule has 2 aliphatic rings. The Morgan fingerprint density at radius 3 is 2.84 bits per heavy atom. The van der Waals surface area contributed by atoms with Crippen molar-refractivity contribution in [2.75, 3.05) is 26.7 Å². The topological polar surface area (TPSA) is 24.5 Å². The Bertz CT molecular complexity index is 448. The zero-order valence-corrected chi connectivity index (χ0v) is 12.1. The maximum absolute atomic E-state index is 5.52. The van der Waals surface area contributed by atoms with Crippen LogP contribution in [0.15, 0.2) is 24.3 Å². The Morgan fingerprint density at radius 1 is 1.32 bits per heavy atom. The molecule has 0 bridgehead atoms. The molecule has 2 aliphatic heterocycles. The fourth-order valence-electron chi connectivity index (χ4n) is 3.90. The zero-order valence-electron chi connectivity index (χ0n) is 12.1. The minimum absolute atomic E-state index is 0.428. The first-order valence-electron chi connectivity index (χ1n) is 7.31. The summed E-state index contributed by atoms with van der Waals surface area (Å²) in [5, 5.41) is 3.53. The van der Waals surface area contributed by atoms with Gasteiger partial charge in [-0.25, -0.2) is 0 Å². The molecule has 0 saturated carbocycles. The van der Waals surface area contributed by atoms with Gasteiger partial charge in [-0.05, 0) is 44.8 Å². The van der Waals surface area contributed by atoms with Gasteiger partial charge in [-0.1, -0.05) is 18.2 Å². The minimum atomic E-state index is 0.428. The van der Waals surface area contributed by atoms with E-state index in [-0.39, 0.29) is 0 Å². The highest BCUT2D eigenvalue weighted by Crippen LogP contribution is 2.39. The molecule has 0 aromatic heterocycles. The number of methoxy groups -OCH3 is 1. The van der Waals surface area contributed by atoms with Gasteiger partial charge in [-0.15, -0.1) is 0 Å². The Kier molecular flexibility index (Phi) is 3.50. The lowest BCUT2D eigenvalue weighted by molar-refractivity contribution is 0.179. The van der Waals surface area contributed by atoms with Crippen LogP contribution in [0.25, 0.3) is 0 Å². The molecule has 0 radical (unpaired) electrons. The zero-order chi connectivity index (χ0) is 13.4. The molecule has 3 nitrogen and oxygen atoms in total. The number of fused-ring (bicyclic) bond motifs is 1. The summed E-state index contributed by atoms with van der Waals surface area (Å²) < 4.78 is 5.52. The van der Waals surface area contributed by atoms with E-state index in [1.165, 1.54) is 25.2 Å². The van der Waals surface area contributed by atoms with E-state index in [1.54, 1.807) is 7.11 Å². The lowest BCUT2D eigenvalue weighted by Crippen LogP contribution is -2.35. The van der Waals surface area contributed by atoms with Crippen LogP contribution in [0.4, 0.5) is 0 Å². The molecule has 1 aromatic rings. The second-order valence-corrected chi connectivity index (χ2v) is 5.94. The van der Waals surface area contributed by atoms with Crippen molar-refractivity contribution in [1.82, 2.24) is 10.2 Å². The van der Waals surface area contributed by atoms with Gasteiger partial charge in [0.05, 0.1) is 7.11 Å². The molecule has 4 unspecified atom stereocenters. The normalized spacial score (nSPS) is 32.3. The molecule has 1 aromatic carbocycles. The number of likely N-dealkylation sites (tertiary alicyclic amines) is 1. The number of rotatable bonds is 3. The lowest BCUT2D eigenvalue weighted by atomic mass is 9.95. The largest absolute Gasteiger partial charge is 0.496 e. The van der Waals surface area contributed by atoms with Crippen molar-refractivity contribution < 1.29 is 4.74 Å². The second kappa shape index (κ2) is 5.14. The second-order valence-electron chi connectivity index (χ2n) is 5.94. The summed E-state index contributed by atoms with van der Waals surface area (Å²) in [4.78, 5) is 2.65. The summed E-state index contributed by atoms with van der Waals surface area (Å²) in [6, 6.07) is 9.49. The number of hydrogen-bond donors (Lipinski definition) is 1. The van der Waals surface area contributed by atoms with E-state index in [1.807, 2.05) is 6.07 Å². The van der Waals surface area contributed by atoms with Gasteiger partial charge in [0.2, 0.25) is 0 Å². The SMILES string of the molecule is COc1ccccc1C(C)N1CC2CNCC2C1C. The van der Waals surface area contributed by atoms with Gasteiger partial charge in [0.15, 0.2) is 0 Å². The van der Waals surface area contributed by atoms with Crippen molar-refractivity contribution in [2.45, 2.75) is 25.9 Å². The van der Waals surface area contributed by atoms with Gasteiger partial charge in [-0.2, -0.15) is 0 Å². The van der Waals surface area contributed by atoms with E-state index < -0.39 is 0 Å². The summed E-state index contributed by atoms with van der Waals surface area (Å²) >= 11 is 0. The van der Waals surface area contributed by atoms with Crippen LogP contribution < -0.4 is 10.1 Å². The number of para-hydroxylation sites is 1.